The van der Waals surface area contributed by atoms with E-state index in [4.69, 9.17) is 20.7 Å². The Kier molecular flexibility index (Phi) is 8.63. The van der Waals surface area contributed by atoms with Crippen LogP contribution < -0.4 is 5.73 Å². The molecule has 0 radical (unpaired) electrons. The normalized spacial score (nSPS) is 11.3. The van der Waals surface area contributed by atoms with Crippen LogP contribution in [0, 0.1) is 20.2 Å². The van der Waals surface area contributed by atoms with Crippen LogP contribution in [0.25, 0.3) is 50.2 Å². The van der Waals surface area contributed by atoms with Gasteiger partial charge in [-0.3, -0.25) is 20.2 Å². The molecule has 0 aliphatic heterocycles. The molecule has 0 spiro atoms. The average molecular weight is 669 g/mol. The molecule has 6 aromatic carbocycles. The molecule has 10 nitrogen and oxygen atoms in total. The zero-order valence-corrected chi connectivity index (χ0v) is 27.0. The maximum atomic E-state index is 11.7. The van der Waals surface area contributed by atoms with E-state index in [1.807, 2.05) is 91.0 Å². The van der Waals surface area contributed by atoms with Crippen LogP contribution in [0.2, 0.25) is 0 Å². The molecule has 51 heavy (non-hydrogen) atoms. The number of nitro groups is 2. The molecule has 0 unspecified atom stereocenters. The third-order valence-electron chi connectivity index (χ3n) is 8.38. The van der Waals surface area contributed by atoms with E-state index >= 15 is 0 Å². The number of anilines is 1. The molecule has 0 saturated carbocycles. The van der Waals surface area contributed by atoms with E-state index in [9.17, 15) is 20.2 Å². The van der Waals surface area contributed by atoms with E-state index in [1.165, 1.54) is 24.3 Å². The van der Waals surface area contributed by atoms with Gasteiger partial charge in [-0.25, -0.2) is 15.0 Å². The molecular weight excluding hydrogens is 640 g/mol. The lowest BCUT2D eigenvalue weighted by Crippen LogP contribution is -2.05. The first-order chi connectivity index (χ1) is 24.7. The Morgan fingerprint density at radius 1 is 0.569 bits per heavy atom. The highest BCUT2D eigenvalue weighted by atomic mass is 16.6. The predicted molar refractivity (Wildman–Crippen MR) is 202 cm³/mol. The second-order valence-electron chi connectivity index (χ2n) is 11.7. The van der Waals surface area contributed by atoms with Crippen LogP contribution in [0.15, 0.2) is 157 Å². The van der Waals surface area contributed by atoms with E-state index in [0.29, 0.717) is 33.6 Å². The molecule has 246 valence electrons. The molecule has 0 bridgehead atoms. The number of benzene rings is 6. The number of nitrogen functional groups attached to an aromatic ring is 1. The van der Waals surface area contributed by atoms with Crippen molar-refractivity contribution >= 4 is 45.1 Å². The fraction of sp³-hybridized carbons (Fsp3) is 0. The van der Waals surface area contributed by atoms with Gasteiger partial charge in [0.25, 0.3) is 11.4 Å². The van der Waals surface area contributed by atoms with Crippen molar-refractivity contribution in [1.29, 1.82) is 0 Å². The first-order valence-corrected chi connectivity index (χ1v) is 15.9. The van der Waals surface area contributed by atoms with Crippen LogP contribution in [0.5, 0.6) is 0 Å². The van der Waals surface area contributed by atoms with Gasteiger partial charge in [0.15, 0.2) is 0 Å². The minimum absolute atomic E-state index is 0.126. The lowest BCUT2D eigenvalue weighted by Gasteiger charge is -2.13. The van der Waals surface area contributed by atoms with E-state index < -0.39 is 9.85 Å². The van der Waals surface area contributed by atoms with Gasteiger partial charge in [-0.2, -0.15) is 0 Å². The molecular formula is C41H28N6O4. The molecule has 1 heterocycles. The number of aliphatic imine (C=N–C) groups is 1. The van der Waals surface area contributed by atoms with Crippen molar-refractivity contribution in [3.05, 3.63) is 184 Å². The zero-order chi connectivity index (χ0) is 35.5. The van der Waals surface area contributed by atoms with E-state index in [-0.39, 0.29) is 17.1 Å². The van der Waals surface area contributed by atoms with E-state index in [0.717, 1.165) is 39.2 Å². The minimum atomic E-state index is -0.499. The van der Waals surface area contributed by atoms with Crippen molar-refractivity contribution in [1.82, 2.24) is 9.97 Å². The summed E-state index contributed by atoms with van der Waals surface area (Å²) in [6, 6.07) is 43.1. The van der Waals surface area contributed by atoms with Crippen molar-refractivity contribution in [2.75, 3.05) is 5.73 Å². The van der Waals surface area contributed by atoms with Gasteiger partial charge in [-0.05, 0) is 41.0 Å². The highest BCUT2D eigenvalue weighted by Gasteiger charge is 2.18. The number of allylic oxidation sites excluding steroid dienone is 1. The highest BCUT2D eigenvalue weighted by Crippen LogP contribution is 2.35. The number of nitro benzene ring substituents is 2. The molecule has 10 heteroatoms. The van der Waals surface area contributed by atoms with E-state index in [1.54, 1.807) is 30.3 Å². The van der Waals surface area contributed by atoms with Crippen LogP contribution >= 0.6 is 0 Å². The van der Waals surface area contributed by atoms with Gasteiger partial charge in [-0.15, -0.1) is 0 Å². The van der Waals surface area contributed by atoms with Gasteiger partial charge in [0.2, 0.25) is 0 Å². The van der Waals surface area contributed by atoms with Gasteiger partial charge in [0, 0.05) is 46.5 Å². The van der Waals surface area contributed by atoms with Crippen LogP contribution in [0.1, 0.15) is 11.1 Å². The first-order valence-electron chi connectivity index (χ1n) is 15.9. The number of hydrogen-bond acceptors (Lipinski definition) is 8. The molecule has 7 aromatic rings. The molecule has 0 atom stereocenters. The lowest BCUT2D eigenvalue weighted by molar-refractivity contribution is -0.385. The molecule has 0 aliphatic rings. The lowest BCUT2D eigenvalue weighted by atomic mass is 9.96. The number of non-ortho nitro benzene ring substituents is 2. The van der Waals surface area contributed by atoms with Crippen molar-refractivity contribution in [2.24, 2.45) is 4.99 Å². The smallest absolute Gasteiger partial charge is 0.270 e. The largest absolute Gasteiger partial charge is 0.397 e. The third-order valence-corrected chi connectivity index (χ3v) is 8.38. The van der Waals surface area contributed by atoms with Crippen molar-refractivity contribution < 1.29 is 9.85 Å². The van der Waals surface area contributed by atoms with Gasteiger partial charge in [0.05, 0.1) is 49.4 Å². The first kappa shape index (κ1) is 32.2. The monoisotopic (exact) mass is 668 g/mol. The Balaban J connectivity index is 1.35. The molecule has 0 saturated heterocycles. The Labute approximate surface area is 292 Å². The summed E-state index contributed by atoms with van der Waals surface area (Å²) >= 11 is 0. The van der Waals surface area contributed by atoms with Crippen LogP contribution in [-0.4, -0.2) is 25.5 Å². The summed E-state index contributed by atoms with van der Waals surface area (Å²) in [6.45, 7) is 4.20. The minimum Gasteiger partial charge on any atom is -0.397 e. The van der Waals surface area contributed by atoms with Crippen LogP contribution in [-0.2, 0) is 0 Å². The van der Waals surface area contributed by atoms with E-state index in [2.05, 4.69) is 6.58 Å². The number of hydrogen-bond donors (Lipinski definition) is 1. The van der Waals surface area contributed by atoms with Gasteiger partial charge in [-0.1, -0.05) is 104 Å². The zero-order valence-electron chi connectivity index (χ0n) is 27.0. The standard InChI is InChI=1S/C41H28N6O4/c1-26(29-14-8-16-33(22-29)46(48)49)39(32-15-9-17-34(23-32)47(50)51)44-37-24-30(18-20-35(37)42)31-19-21-36-38(25-31)45-41(28-12-6-3-7-13-28)40(43-36)27-10-4-2-5-11-27/h2-25H,1,42H2/b44-39+. The highest BCUT2D eigenvalue weighted by molar-refractivity contribution is 6.32. The fourth-order valence-corrected chi connectivity index (χ4v) is 5.79. The molecule has 0 aliphatic carbocycles. The second-order valence-corrected chi connectivity index (χ2v) is 11.7. The number of nitrogens with two attached hydrogens (primary N) is 1. The fourth-order valence-electron chi connectivity index (χ4n) is 5.79. The van der Waals surface area contributed by atoms with Crippen LogP contribution in [0.4, 0.5) is 22.7 Å². The molecule has 7 rings (SSSR count). The summed E-state index contributed by atoms with van der Waals surface area (Å²) in [5, 5.41) is 23.2. The quantitative estimate of drug-likeness (QED) is 0.0696. The summed E-state index contributed by atoms with van der Waals surface area (Å²) in [7, 11) is 0. The number of nitrogens with zero attached hydrogens (tertiary/aromatic N) is 5. The summed E-state index contributed by atoms with van der Waals surface area (Å²) in [4.78, 5) is 37.3. The molecule has 1 aromatic heterocycles. The van der Waals surface area contributed by atoms with Gasteiger partial charge >= 0.3 is 0 Å². The van der Waals surface area contributed by atoms with Gasteiger partial charge < -0.3 is 5.73 Å². The maximum Gasteiger partial charge on any atom is 0.270 e. The topological polar surface area (TPSA) is 150 Å². The molecule has 0 amide bonds. The number of rotatable bonds is 9. The Morgan fingerprint density at radius 3 is 1.71 bits per heavy atom. The van der Waals surface area contributed by atoms with Crippen LogP contribution in [0.3, 0.4) is 0 Å². The third kappa shape index (κ3) is 6.70. The predicted octanol–water partition coefficient (Wildman–Crippen LogP) is 9.86. The summed E-state index contributed by atoms with van der Waals surface area (Å²) in [5.74, 6) is 0. The van der Waals surface area contributed by atoms with Crippen molar-refractivity contribution in [2.45, 2.75) is 0 Å². The Morgan fingerprint density at radius 2 is 1.10 bits per heavy atom. The number of aromatic nitrogens is 2. The summed E-state index contributed by atoms with van der Waals surface area (Å²) in [5.41, 5.74) is 14.9. The second kappa shape index (κ2) is 13.7. The Hall–Kier alpha value is -7.33. The summed E-state index contributed by atoms with van der Waals surface area (Å²) in [6.07, 6.45) is 0. The van der Waals surface area contributed by atoms with Crippen molar-refractivity contribution in [3.8, 4) is 33.6 Å². The SMILES string of the molecule is C=C(/C(=N\c1cc(-c2ccc3nc(-c4ccccc4)c(-c4ccccc4)nc3c2)ccc1N)c1cccc([N+](=O)[O-])c1)c1cccc([N+](=O)[O-])c1. The van der Waals surface area contributed by atoms with Gasteiger partial charge in [0.1, 0.15) is 0 Å². The van der Waals surface area contributed by atoms with Crippen molar-refractivity contribution in [3.63, 3.8) is 0 Å². The summed E-state index contributed by atoms with van der Waals surface area (Å²) < 4.78 is 0. The molecule has 2 N–H and O–H groups in total. The maximum absolute atomic E-state index is 11.7. The average Bonchev–Trinajstić information content (AvgIpc) is 3.17. The number of fused-ring (bicyclic) bond motifs is 1. The Bertz CT molecular complexity index is 2520. The molecule has 0 fully saturated rings.